The molecular formula is C22H35N5O3. The first kappa shape index (κ1) is 23.5. The average molecular weight is 418 g/mol. The van der Waals surface area contributed by atoms with Gasteiger partial charge < -0.3 is 25.2 Å². The van der Waals surface area contributed by atoms with E-state index in [0.29, 0.717) is 23.0 Å². The molecule has 0 aliphatic carbocycles. The second-order valence-corrected chi connectivity index (χ2v) is 7.40. The number of methoxy groups -OCH3 is 2. The van der Waals surface area contributed by atoms with Crippen LogP contribution in [0.25, 0.3) is 0 Å². The fraction of sp³-hybridized carbons (Fsp3) is 0.545. The molecule has 3 N–H and O–H groups in total. The van der Waals surface area contributed by atoms with Crippen molar-refractivity contribution < 1.29 is 14.6 Å². The smallest absolute Gasteiger partial charge is 0.191 e. The van der Waals surface area contributed by atoms with Crippen LogP contribution in [-0.4, -0.2) is 54.2 Å². The molecule has 0 saturated heterocycles. The van der Waals surface area contributed by atoms with Gasteiger partial charge in [-0.2, -0.15) is 5.10 Å². The molecule has 2 rings (SSSR count). The van der Waals surface area contributed by atoms with Gasteiger partial charge in [0.2, 0.25) is 0 Å². The first-order valence-electron chi connectivity index (χ1n) is 10.2. The summed E-state index contributed by atoms with van der Waals surface area (Å²) >= 11 is 0. The number of guanidine groups is 1. The first-order chi connectivity index (χ1) is 14.3. The first-order valence-corrected chi connectivity index (χ1v) is 10.2. The number of benzene rings is 1. The van der Waals surface area contributed by atoms with Gasteiger partial charge in [-0.25, -0.2) is 0 Å². The van der Waals surface area contributed by atoms with E-state index in [1.54, 1.807) is 32.4 Å². The van der Waals surface area contributed by atoms with Crippen molar-refractivity contribution in [1.82, 2.24) is 20.4 Å². The number of nitrogens with zero attached hydrogens (tertiary/aromatic N) is 3. The Morgan fingerprint density at radius 3 is 2.33 bits per heavy atom. The highest BCUT2D eigenvalue weighted by Crippen LogP contribution is 2.26. The molecule has 2 unspecified atom stereocenters. The summed E-state index contributed by atoms with van der Waals surface area (Å²) in [5, 5.41) is 21.8. The second-order valence-electron chi connectivity index (χ2n) is 7.40. The number of aliphatic hydroxyl groups is 1. The molecule has 1 aromatic heterocycles. The van der Waals surface area contributed by atoms with Gasteiger partial charge in [-0.3, -0.25) is 9.67 Å². The van der Waals surface area contributed by atoms with Gasteiger partial charge >= 0.3 is 0 Å². The number of aryl methyl sites for hydroxylation is 2. The highest BCUT2D eigenvalue weighted by molar-refractivity contribution is 5.80. The van der Waals surface area contributed by atoms with Gasteiger partial charge in [0.1, 0.15) is 11.5 Å². The van der Waals surface area contributed by atoms with E-state index in [2.05, 4.69) is 34.6 Å². The van der Waals surface area contributed by atoms with Gasteiger partial charge in [0.05, 0.1) is 32.6 Å². The molecule has 0 saturated carbocycles. The average Bonchev–Trinajstić information content (AvgIpc) is 2.97. The predicted molar refractivity (Wildman–Crippen MR) is 119 cm³/mol. The van der Waals surface area contributed by atoms with Crippen molar-refractivity contribution in [3.8, 4) is 11.5 Å². The van der Waals surface area contributed by atoms with Crippen LogP contribution in [0.4, 0.5) is 0 Å². The molecule has 30 heavy (non-hydrogen) atoms. The summed E-state index contributed by atoms with van der Waals surface area (Å²) in [4.78, 5) is 4.57. The molecule has 0 aliphatic rings. The van der Waals surface area contributed by atoms with Crippen molar-refractivity contribution in [2.45, 2.75) is 46.3 Å². The summed E-state index contributed by atoms with van der Waals surface area (Å²) in [5.41, 5.74) is 4.16. The number of aliphatic hydroxyl groups excluding tert-OH is 1. The van der Waals surface area contributed by atoms with Crippen LogP contribution in [0.5, 0.6) is 11.5 Å². The van der Waals surface area contributed by atoms with Crippen molar-refractivity contribution in [2.24, 2.45) is 12.0 Å². The minimum atomic E-state index is -0.775. The van der Waals surface area contributed by atoms with Crippen LogP contribution in [0.15, 0.2) is 23.2 Å². The fourth-order valence-electron chi connectivity index (χ4n) is 3.33. The van der Waals surface area contributed by atoms with E-state index < -0.39 is 6.10 Å². The van der Waals surface area contributed by atoms with Gasteiger partial charge in [0.15, 0.2) is 5.96 Å². The Hall–Kier alpha value is -2.74. The molecule has 8 nitrogen and oxygen atoms in total. The van der Waals surface area contributed by atoms with Crippen LogP contribution in [0.3, 0.4) is 0 Å². The quantitative estimate of drug-likeness (QED) is 0.428. The third-order valence-corrected chi connectivity index (χ3v) is 5.08. The van der Waals surface area contributed by atoms with Gasteiger partial charge in [0, 0.05) is 31.4 Å². The predicted octanol–water partition coefficient (Wildman–Crippen LogP) is 2.27. The van der Waals surface area contributed by atoms with Gasteiger partial charge in [-0.15, -0.1) is 0 Å². The summed E-state index contributed by atoms with van der Waals surface area (Å²) in [5.74, 6) is 1.93. The molecule has 166 valence electrons. The Bertz CT molecular complexity index is 840. The van der Waals surface area contributed by atoms with Crippen LogP contribution in [0.1, 0.15) is 42.5 Å². The molecule has 1 heterocycles. The molecule has 0 amide bonds. The van der Waals surface area contributed by atoms with E-state index in [9.17, 15) is 5.11 Å². The van der Waals surface area contributed by atoms with Crippen LogP contribution < -0.4 is 20.1 Å². The number of hydrogen-bond donors (Lipinski definition) is 3. The monoisotopic (exact) mass is 417 g/mol. The zero-order valence-corrected chi connectivity index (χ0v) is 19.1. The van der Waals surface area contributed by atoms with Crippen LogP contribution >= 0.6 is 0 Å². The summed E-state index contributed by atoms with van der Waals surface area (Å²) in [6.07, 6.45) is 0.0635. The number of rotatable bonds is 9. The topological polar surface area (TPSA) is 92.9 Å². The molecule has 0 aliphatic heterocycles. The molecule has 2 aromatic rings. The van der Waals surface area contributed by atoms with E-state index in [1.165, 1.54) is 11.3 Å². The Kier molecular flexibility index (Phi) is 8.53. The van der Waals surface area contributed by atoms with Gasteiger partial charge in [-0.1, -0.05) is 0 Å². The van der Waals surface area contributed by atoms with Crippen molar-refractivity contribution in [1.29, 1.82) is 0 Å². The Morgan fingerprint density at radius 2 is 1.83 bits per heavy atom. The molecule has 0 radical (unpaired) electrons. The van der Waals surface area contributed by atoms with E-state index in [-0.39, 0.29) is 12.6 Å². The third-order valence-electron chi connectivity index (χ3n) is 5.08. The lowest BCUT2D eigenvalue weighted by atomic mass is 10.1. The van der Waals surface area contributed by atoms with E-state index in [0.717, 1.165) is 18.7 Å². The van der Waals surface area contributed by atoms with Crippen LogP contribution in [0.2, 0.25) is 0 Å². The molecule has 0 bridgehead atoms. The fourth-order valence-corrected chi connectivity index (χ4v) is 3.33. The highest BCUT2D eigenvalue weighted by Gasteiger charge is 2.15. The maximum Gasteiger partial charge on any atom is 0.191 e. The zero-order chi connectivity index (χ0) is 22.3. The Balaban J connectivity index is 2.08. The zero-order valence-electron chi connectivity index (χ0n) is 19.1. The van der Waals surface area contributed by atoms with Crippen molar-refractivity contribution in [3.63, 3.8) is 0 Å². The minimum absolute atomic E-state index is 0.151. The van der Waals surface area contributed by atoms with Crippen LogP contribution in [-0.2, 0) is 13.5 Å². The SMILES string of the molecule is CCNC(=NCC(O)c1cc(OC)cc(OC)c1)NC(C)Cc1c(C)nn(C)c1C. The standard InChI is InChI=1S/C22H35N5O3/c1-8-23-22(25-14(2)9-20-15(3)26-27(5)16(20)4)24-13-21(28)17-10-18(29-6)12-19(11-17)30-7/h10-12,14,21,28H,8-9,13H2,1-7H3,(H2,23,24,25). The van der Waals surface area contributed by atoms with Crippen molar-refractivity contribution in [2.75, 3.05) is 27.3 Å². The molecule has 2 atom stereocenters. The number of nitrogens with one attached hydrogen (secondary N) is 2. The molecule has 0 spiro atoms. The van der Waals surface area contributed by atoms with Crippen LogP contribution in [0, 0.1) is 13.8 Å². The van der Waals surface area contributed by atoms with E-state index >= 15 is 0 Å². The Morgan fingerprint density at radius 1 is 1.20 bits per heavy atom. The minimum Gasteiger partial charge on any atom is -0.497 e. The third kappa shape index (κ3) is 6.13. The molecule has 1 aromatic carbocycles. The summed E-state index contributed by atoms with van der Waals surface area (Å²) < 4.78 is 12.5. The highest BCUT2D eigenvalue weighted by atomic mass is 16.5. The molecule has 8 heteroatoms. The second kappa shape index (κ2) is 10.9. The number of aliphatic imine (C=N–C) groups is 1. The maximum atomic E-state index is 10.6. The lowest BCUT2D eigenvalue weighted by molar-refractivity contribution is 0.186. The maximum absolute atomic E-state index is 10.6. The van der Waals surface area contributed by atoms with Crippen molar-refractivity contribution >= 4 is 5.96 Å². The summed E-state index contributed by atoms with van der Waals surface area (Å²) in [7, 11) is 5.14. The normalized spacial score (nSPS) is 13.7. The number of hydrogen-bond acceptors (Lipinski definition) is 5. The lowest BCUT2D eigenvalue weighted by Crippen LogP contribution is -2.43. The molecule has 0 fully saturated rings. The van der Waals surface area contributed by atoms with Gasteiger partial charge in [-0.05, 0) is 57.4 Å². The van der Waals surface area contributed by atoms with E-state index in [4.69, 9.17) is 9.47 Å². The number of aromatic nitrogens is 2. The van der Waals surface area contributed by atoms with E-state index in [1.807, 2.05) is 25.6 Å². The largest absolute Gasteiger partial charge is 0.497 e. The molecular weight excluding hydrogens is 382 g/mol. The Labute approximate surface area is 179 Å². The van der Waals surface area contributed by atoms with Gasteiger partial charge in [0.25, 0.3) is 0 Å². The van der Waals surface area contributed by atoms with Crippen molar-refractivity contribution in [3.05, 3.63) is 40.7 Å². The number of ether oxygens (including phenoxy) is 2. The summed E-state index contributed by atoms with van der Waals surface area (Å²) in [6, 6.07) is 5.51. The summed E-state index contributed by atoms with van der Waals surface area (Å²) in [6.45, 7) is 9.19. The lowest BCUT2D eigenvalue weighted by Gasteiger charge is -2.19.